The lowest BCUT2D eigenvalue weighted by Gasteiger charge is -2.22. The van der Waals surface area contributed by atoms with Crippen molar-refractivity contribution in [1.82, 2.24) is 98.9 Å². The number of aromatic amines is 4. The summed E-state index contributed by atoms with van der Waals surface area (Å²) in [7, 11) is 3.29. The lowest BCUT2D eigenvalue weighted by Crippen LogP contribution is -2.20. The van der Waals surface area contributed by atoms with E-state index in [0.29, 0.717) is 90.6 Å². The van der Waals surface area contributed by atoms with Crippen LogP contribution in [0.1, 0.15) is 75.5 Å². The number of hydrogen-bond acceptors (Lipinski definition) is 24. The second-order valence-electron chi connectivity index (χ2n) is 26.6. The number of fused-ring (bicyclic) bond motifs is 8. The van der Waals surface area contributed by atoms with E-state index in [4.69, 9.17) is 83.4 Å². The Morgan fingerprint density at radius 2 is 0.794 bits per heavy atom. The molecule has 33 heteroatoms. The van der Waals surface area contributed by atoms with Crippen molar-refractivity contribution >= 4 is 123 Å². The third-order valence-corrected chi connectivity index (χ3v) is 20.6. The number of hydrogen-bond donors (Lipinski definition) is 10. The van der Waals surface area contributed by atoms with Crippen molar-refractivity contribution in [2.24, 2.45) is 0 Å². The number of phenolic OH excluding ortho intramolecular Hbond substituents is 2. The fourth-order valence-electron chi connectivity index (χ4n) is 14.8. The summed E-state index contributed by atoms with van der Waals surface area (Å²) in [4.78, 5) is 47.9. The van der Waals surface area contributed by atoms with E-state index in [0.717, 1.165) is 187 Å². The van der Waals surface area contributed by atoms with Crippen molar-refractivity contribution < 1.29 is 38.6 Å². The third-order valence-electron chi connectivity index (χ3n) is 20.2. The summed E-state index contributed by atoms with van der Waals surface area (Å²) in [5.41, 5.74) is 37.2. The van der Waals surface area contributed by atoms with Crippen LogP contribution in [-0.2, 0) is 18.9 Å². The molecule has 14 N–H and O–H groups in total. The highest BCUT2D eigenvalue weighted by Gasteiger charge is 2.30. The van der Waals surface area contributed by atoms with E-state index >= 15 is 0 Å². The van der Waals surface area contributed by atoms with Gasteiger partial charge >= 0.3 is 0 Å². The Labute approximate surface area is 612 Å². The topological polar surface area (TPSA) is 437 Å². The Kier molecular flexibility index (Phi) is 18.2. The molecule has 4 aromatic carbocycles. The fourth-order valence-corrected chi connectivity index (χ4v) is 15.0. The van der Waals surface area contributed by atoms with Crippen LogP contribution < -0.4 is 32.4 Å². The predicted molar refractivity (Wildman–Crippen MR) is 406 cm³/mol. The van der Waals surface area contributed by atoms with Gasteiger partial charge in [-0.1, -0.05) is 23.7 Å². The molecule has 0 amide bonds. The maximum atomic E-state index is 10.1. The van der Waals surface area contributed by atoms with Gasteiger partial charge in [0.1, 0.15) is 94.4 Å². The Morgan fingerprint density at radius 1 is 0.411 bits per heavy atom. The lowest BCUT2D eigenvalue weighted by molar-refractivity contribution is 0.0673. The van der Waals surface area contributed by atoms with E-state index < -0.39 is 0 Å². The SMILES string of the molecule is COc1ccc(Cl)c2cc(-c3nn(C4CCOCC4)c4ncnc(N)c34)[nH]c12.COc1ccc2cc(-c3nn(C4CCOCC4)c4ncnc(N)c34)[nH]c2c1.Nc1ncnc2c1c(-c1cc3ccc(O)cc3[nH]1)nn2C1CCOCC1.Nc1ncnc2c1c(-c1cc3cccc(O)c3[nH]1)nn2C1CCOCC1. The van der Waals surface area contributed by atoms with Gasteiger partial charge in [0.15, 0.2) is 22.6 Å². The van der Waals surface area contributed by atoms with Gasteiger partial charge < -0.3 is 81.5 Å². The molecule has 0 bridgehead atoms. The zero-order chi connectivity index (χ0) is 73.0. The third kappa shape index (κ3) is 12.8. The number of nitrogens with two attached hydrogens (primary N) is 4. The van der Waals surface area contributed by atoms with Crippen LogP contribution in [0, 0.1) is 0 Å². The van der Waals surface area contributed by atoms with Crippen LogP contribution in [0.25, 0.3) is 133 Å². The Hall–Kier alpha value is -12.2. The zero-order valence-electron chi connectivity index (χ0n) is 58.3. The second kappa shape index (κ2) is 28.7. The minimum Gasteiger partial charge on any atom is -0.508 e. The molecule has 32 nitrogen and oxygen atoms in total. The van der Waals surface area contributed by atoms with E-state index in [2.05, 4.69) is 65.9 Å². The van der Waals surface area contributed by atoms with Crippen LogP contribution in [0.5, 0.6) is 23.0 Å². The summed E-state index contributed by atoms with van der Waals surface area (Å²) < 4.78 is 40.5. The average Bonchev–Trinajstić information content (AvgIpc) is 1.62. The molecule has 0 spiro atoms. The number of methoxy groups -OCH3 is 2. The fraction of sp³-hybridized carbons (Fsp3) is 0.297. The van der Waals surface area contributed by atoms with Crippen molar-refractivity contribution in [2.45, 2.75) is 75.5 Å². The van der Waals surface area contributed by atoms with Gasteiger partial charge in [-0.25, -0.2) is 58.6 Å². The average molecular weight is 1460 g/mol. The summed E-state index contributed by atoms with van der Waals surface area (Å²) in [5.74, 6) is 3.56. The highest BCUT2D eigenvalue weighted by atomic mass is 35.5. The van der Waals surface area contributed by atoms with Crippen molar-refractivity contribution in [3.8, 4) is 68.5 Å². The number of rotatable bonds is 10. The normalized spacial score (nSPS) is 15.7. The summed E-state index contributed by atoms with van der Waals surface area (Å²) in [6, 6.07) is 29.1. The van der Waals surface area contributed by atoms with Crippen LogP contribution in [0.4, 0.5) is 23.3 Å². The smallest absolute Gasteiger partial charge is 0.164 e. The molecule has 0 saturated carbocycles. The van der Waals surface area contributed by atoms with E-state index in [9.17, 15) is 10.2 Å². The largest absolute Gasteiger partial charge is 0.508 e. The first-order valence-corrected chi connectivity index (χ1v) is 35.6. The number of benzene rings is 4. The molecule has 0 atom stereocenters. The number of phenols is 2. The molecule has 0 radical (unpaired) electrons. The molecule has 4 aliphatic rings. The van der Waals surface area contributed by atoms with Crippen LogP contribution in [-0.4, -0.2) is 176 Å². The van der Waals surface area contributed by atoms with Gasteiger partial charge in [-0.3, -0.25) is 0 Å². The quantitative estimate of drug-likeness (QED) is 0.0608. The first kappa shape index (κ1) is 67.9. The Morgan fingerprint density at radius 3 is 1.21 bits per heavy atom. The first-order valence-electron chi connectivity index (χ1n) is 35.3. The van der Waals surface area contributed by atoms with Crippen LogP contribution >= 0.6 is 11.6 Å². The van der Waals surface area contributed by atoms with Gasteiger partial charge in [0.25, 0.3) is 0 Å². The van der Waals surface area contributed by atoms with Gasteiger partial charge in [-0.2, -0.15) is 20.4 Å². The zero-order valence-corrected chi connectivity index (χ0v) is 59.0. The van der Waals surface area contributed by atoms with Crippen molar-refractivity contribution in [3.05, 3.63) is 121 Å². The van der Waals surface area contributed by atoms with E-state index in [1.807, 2.05) is 85.5 Å². The number of halogens is 1. The summed E-state index contributed by atoms with van der Waals surface area (Å²) in [6.45, 7) is 5.73. The maximum absolute atomic E-state index is 10.1. The summed E-state index contributed by atoms with van der Waals surface area (Å²) in [5, 5.41) is 46.7. The Bertz CT molecular complexity index is 5970. The number of nitrogen functional groups attached to an aromatic ring is 4. The summed E-state index contributed by atoms with van der Waals surface area (Å²) in [6.07, 6.45) is 13.0. The molecular weight excluding hydrogens is 1390 g/mol. The second-order valence-corrected chi connectivity index (χ2v) is 27.0. The van der Waals surface area contributed by atoms with Crippen molar-refractivity contribution in [1.29, 1.82) is 0 Å². The lowest BCUT2D eigenvalue weighted by atomic mass is 10.1. The highest BCUT2D eigenvalue weighted by molar-refractivity contribution is 6.36. The molecule has 20 rings (SSSR count). The standard InChI is InChI=1S/C19H19ClN6O2.C19H20N6O2.2C18H18N6O2/c1-27-14-3-2-12(20)11-8-13(24-16(11)14)17-15-18(21)22-9-23-19(15)26(25-17)10-4-6-28-7-5-10;1-26-13-3-2-11-8-15(23-14(11)9-13)17-16-18(20)21-10-22-19(16)25(24-17)12-4-6-27-7-5-12;19-17-15-16(14-7-10-1-2-12(25)8-13(10)22-14)23-24(18(15)21-9-20-17)11-3-5-26-6-4-11;19-17-14-16(12-8-10-2-1-3-13(25)15(10)22-12)23-24(18(14)21-9-20-17)11-4-6-26-7-5-11/h2-3,8-10,24H,4-7H2,1H3,(H2,21,22,23);2-3,8-10,12,23H,4-7H2,1H3,(H2,20,21,22);1-2,7-9,11,22,25H,3-6H2,(H2,19,20,21);1-3,8-9,11,22,25H,4-7H2,(H2,19,20,21). The van der Waals surface area contributed by atoms with Gasteiger partial charge in [-0.15, -0.1) is 0 Å². The number of para-hydroxylation sites is 1. The molecule has 0 unspecified atom stereocenters. The molecule has 0 aliphatic carbocycles. The van der Waals surface area contributed by atoms with Crippen LogP contribution in [0.15, 0.2) is 116 Å². The molecule has 4 saturated heterocycles. The maximum Gasteiger partial charge on any atom is 0.164 e. The van der Waals surface area contributed by atoms with Crippen molar-refractivity contribution in [2.75, 3.05) is 90.0 Å². The van der Waals surface area contributed by atoms with E-state index in [1.165, 1.54) is 25.3 Å². The number of ether oxygens (including phenoxy) is 6. The number of anilines is 4. The number of nitrogens with one attached hydrogen (secondary N) is 4. The van der Waals surface area contributed by atoms with Crippen LogP contribution in [0.2, 0.25) is 5.02 Å². The molecule has 4 fully saturated rings. The molecule has 12 aromatic heterocycles. The van der Waals surface area contributed by atoms with Crippen molar-refractivity contribution in [3.63, 3.8) is 0 Å². The molecular formula is C74H75ClN24O8. The highest BCUT2D eigenvalue weighted by Crippen LogP contribution is 2.42. The van der Waals surface area contributed by atoms with Gasteiger partial charge in [0, 0.05) is 97.6 Å². The van der Waals surface area contributed by atoms with Crippen LogP contribution in [0.3, 0.4) is 0 Å². The van der Waals surface area contributed by atoms with E-state index in [1.54, 1.807) is 32.4 Å². The predicted octanol–water partition coefficient (Wildman–Crippen LogP) is 11.7. The molecule has 546 valence electrons. The minimum atomic E-state index is 0.200. The number of H-pyrrole nitrogens is 4. The Balaban J connectivity index is 0.000000105. The molecule has 4 aliphatic heterocycles. The minimum absolute atomic E-state index is 0.200. The molecule has 16 heterocycles. The van der Waals surface area contributed by atoms with E-state index in [-0.39, 0.29) is 35.7 Å². The molecule has 16 aromatic rings. The van der Waals surface area contributed by atoms with Gasteiger partial charge in [0.2, 0.25) is 0 Å². The number of aromatic hydroxyl groups is 2. The number of aromatic nitrogens is 20. The monoisotopic (exact) mass is 1460 g/mol. The number of nitrogens with zero attached hydrogens (tertiary/aromatic N) is 16. The van der Waals surface area contributed by atoms with Gasteiger partial charge in [0.05, 0.1) is 98.8 Å². The summed E-state index contributed by atoms with van der Waals surface area (Å²) >= 11 is 6.40. The van der Waals surface area contributed by atoms with Gasteiger partial charge in [-0.05, 0) is 118 Å². The first-order chi connectivity index (χ1) is 52.3. The molecule has 107 heavy (non-hydrogen) atoms.